The van der Waals surface area contributed by atoms with Crippen molar-refractivity contribution in [2.24, 2.45) is 10.8 Å². The van der Waals surface area contributed by atoms with Crippen LogP contribution >= 0.6 is 0 Å². The van der Waals surface area contributed by atoms with Gasteiger partial charge in [0.05, 0.1) is 12.6 Å². The van der Waals surface area contributed by atoms with Crippen molar-refractivity contribution in [1.82, 2.24) is 9.13 Å². The molecule has 1 aromatic heterocycles. The second-order valence-corrected chi connectivity index (χ2v) is 10.2. The lowest BCUT2D eigenvalue weighted by Gasteiger charge is -2.24. The Morgan fingerprint density at radius 3 is 2.03 bits per heavy atom. The van der Waals surface area contributed by atoms with Crippen LogP contribution in [0.25, 0.3) is 0 Å². The lowest BCUT2D eigenvalue weighted by Crippen LogP contribution is -2.24. The van der Waals surface area contributed by atoms with E-state index in [1.807, 2.05) is 20.8 Å². The third-order valence-electron chi connectivity index (χ3n) is 6.01. The van der Waals surface area contributed by atoms with E-state index in [1.54, 1.807) is 0 Å². The van der Waals surface area contributed by atoms with Crippen molar-refractivity contribution < 1.29 is 19.7 Å². The van der Waals surface area contributed by atoms with Gasteiger partial charge in [-0.2, -0.15) is 0 Å². The Labute approximate surface area is 187 Å². The Bertz CT molecular complexity index is 718. The fraction of sp³-hybridized carbons (Fsp3) is 0.833. The van der Waals surface area contributed by atoms with Gasteiger partial charge in [-0.15, -0.1) is 0 Å². The summed E-state index contributed by atoms with van der Waals surface area (Å²) < 4.78 is 8.72. The summed E-state index contributed by atoms with van der Waals surface area (Å²) in [4.78, 5) is 23.0. The van der Waals surface area contributed by atoms with Gasteiger partial charge in [0.15, 0.2) is 0 Å². The highest BCUT2D eigenvalue weighted by Crippen LogP contribution is 2.29. The van der Waals surface area contributed by atoms with Crippen LogP contribution in [0.1, 0.15) is 92.4 Å². The molecule has 0 aliphatic heterocycles. The number of hydrogen-bond donors (Lipinski definition) is 2. The van der Waals surface area contributed by atoms with E-state index in [-0.39, 0.29) is 28.8 Å². The molecule has 2 N–H and O–H groups in total. The van der Waals surface area contributed by atoms with E-state index in [0.29, 0.717) is 13.1 Å². The number of imidazole rings is 1. The molecule has 0 aromatic carbocycles. The van der Waals surface area contributed by atoms with Crippen molar-refractivity contribution in [2.45, 2.75) is 105 Å². The third-order valence-corrected chi connectivity index (χ3v) is 6.01. The Morgan fingerprint density at radius 2 is 1.52 bits per heavy atom. The molecule has 7 heteroatoms. The minimum absolute atomic E-state index is 0.0484. The fourth-order valence-electron chi connectivity index (χ4n) is 4.01. The number of carbonyl (C=O) groups is 1. The zero-order valence-electron chi connectivity index (χ0n) is 20.3. The first kappa shape index (κ1) is 27.3. The number of aliphatic carboxylic acids is 1. The molecule has 0 saturated heterocycles. The van der Waals surface area contributed by atoms with Crippen LogP contribution in [0.4, 0.5) is 0 Å². The Morgan fingerprint density at radius 1 is 0.968 bits per heavy atom. The molecular formula is C24H44N2O5. The van der Waals surface area contributed by atoms with Crippen LogP contribution in [-0.2, 0) is 22.6 Å². The number of aromatic hydroxyl groups is 1. The van der Waals surface area contributed by atoms with Crippen molar-refractivity contribution in [2.75, 3.05) is 13.2 Å². The van der Waals surface area contributed by atoms with E-state index in [4.69, 9.17) is 9.84 Å². The van der Waals surface area contributed by atoms with Crippen molar-refractivity contribution >= 4 is 5.97 Å². The van der Waals surface area contributed by atoms with E-state index in [1.165, 1.54) is 15.3 Å². The van der Waals surface area contributed by atoms with Crippen LogP contribution in [0.3, 0.4) is 0 Å². The lowest BCUT2D eigenvalue weighted by molar-refractivity contribution is -0.139. The second-order valence-electron chi connectivity index (χ2n) is 10.2. The molecule has 0 amide bonds. The van der Waals surface area contributed by atoms with Crippen molar-refractivity contribution in [3.63, 3.8) is 0 Å². The first-order valence-corrected chi connectivity index (χ1v) is 11.8. The summed E-state index contributed by atoms with van der Waals surface area (Å²) in [6.45, 7) is 13.0. The third kappa shape index (κ3) is 10.9. The largest absolute Gasteiger partial charge is 0.493 e. The lowest BCUT2D eigenvalue weighted by atomic mass is 9.83. The molecule has 0 unspecified atom stereocenters. The predicted molar refractivity (Wildman–Crippen MR) is 124 cm³/mol. The molecule has 0 atom stereocenters. The molecule has 7 nitrogen and oxygen atoms in total. The monoisotopic (exact) mass is 440 g/mol. The Hall–Kier alpha value is -1.76. The predicted octanol–water partition coefficient (Wildman–Crippen LogP) is 5.04. The van der Waals surface area contributed by atoms with Gasteiger partial charge in [-0.05, 0) is 56.3 Å². The summed E-state index contributed by atoms with van der Waals surface area (Å²) in [6.07, 6.45) is 9.71. The van der Waals surface area contributed by atoms with Gasteiger partial charge in [0.1, 0.15) is 0 Å². The minimum atomic E-state index is -0.730. The summed E-state index contributed by atoms with van der Waals surface area (Å²) in [5, 5.41) is 18.8. The molecule has 0 fully saturated rings. The molecule has 0 aliphatic carbocycles. The van der Waals surface area contributed by atoms with Gasteiger partial charge in [0.2, 0.25) is 5.88 Å². The van der Waals surface area contributed by atoms with Gasteiger partial charge in [-0.1, -0.05) is 40.5 Å². The standard InChI is InChI=1S/C24H44N2O5/c1-6-25-19-20(27)26(22(25)30)15-11-14-23(2,3)12-7-9-16-31-17-10-8-13-24(4,5)18-21(28)29/h19,27H,6-18H2,1-5H3,(H,28,29). The van der Waals surface area contributed by atoms with E-state index < -0.39 is 5.97 Å². The highest BCUT2D eigenvalue weighted by Gasteiger charge is 2.21. The highest BCUT2D eigenvalue weighted by molar-refractivity contribution is 5.67. The number of rotatable bonds is 17. The van der Waals surface area contributed by atoms with Crippen LogP contribution < -0.4 is 5.69 Å². The molecular weight excluding hydrogens is 396 g/mol. The van der Waals surface area contributed by atoms with Crippen molar-refractivity contribution in [3.05, 3.63) is 16.7 Å². The molecule has 31 heavy (non-hydrogen) atoms. The first-order chi connectivity index (χ1) is 14.5. The van der Waals surface area contributed by atoms with E-state index in [9.17, 15) is 14.7 Å². The maximum atomic E-state index is 12.1. The normalized spacial score (nSPS) is 12.4. The molecule has 1 heterocycles. The van der Waals surface area contributed by atoms with E-state index in [2.05, 4.69) is 13.8 Å². The average molecular weight is 441 g/mol. The van der Waals surface area contributed by atoms with Crippen LogP contribution in [0.2, 0.25) is 0 Å². The molecule has 0 spiro atoms. The minimum Gasteiger partial charge on any atom is -0.493 e. The van der Waals surface area contributed by atoms with Gasteiger partial charge in [-0.25, -0.2) is 4.79 Å². The number of carboxylic acids is 1. The number of hydrogen-bond acceptors (Lipinski definition) is 4. The van der Waals surface area contributed by atoms with E-state index in [0.717, 1.165) is 64.6 Å². The Kier molecular flexibility index (Phi) is 11.4. The number of nitrogens with zero attached hydrogens (tertiary/aromatic N) is 2. The number of aryl methyl sites for hydroxylation is 1. The molecule has 180 valence electrons. The van der Waals surface area contributed by atoms with Crippen LogP contribution in [-0.4, -0.2) is 38.5 Å². The SMILES string of the molecule is CCn1cc(O)n(CCCC(C)(C)CCCCOCCCCC(C)(C)CC(=O)O)c1=O. The first-order valence-electron chi connectivity index (χ1n) is 11.8. The molecule has 1 rings (SSSR count). The summed E-state index contributed by atoms with van der Waals surface area (Å²) in [7, 11) is 0. The summed E-state index contributed by atoms with van der Waals surface area (Å²) in [5.74, 6) is -0.681. The number of unbranched alkanes of at least 4 members (excludes halogenated alkanes) is 2. The van der Waals surface area contributed by atoms with Gasteiger partial charge in [0.25, 0.3) is 0 Å². The van der Waals surface area contributed by atoms with Crippen molar-refractivity contribution in [1.29, 1.82) is 0 Å². The topological polar surface area (TPSA) is 93.7 Å². The van der Waals surface area contributed by atoms with Crippen LogP contribution in [0, 0.1) is 10.8 Å². The maximum absolute atomic E-state index is 12.1. The highest BCUT2D eigenvalue weighted by atomic mass is 16.5. The second kappa shape index (κ2) is 12.9. The Balaban J connectivity index is 2.12. The maximum Gasteiger partial charge on any atom is 0.331 e. The van der Waals surface area contributed by atoms with Crippen molar-refractivity contribution in [3.8, 4) is 5.88 Å². The molecule has 0 aliphatic rings. The quantitative estimate of drug-likeness (QED) is 0.331. The average Bonchev–Trinajstić information content (AvgIpc) is 2.93. The van der Waals surface area contributed by atoms with Gasteiger partial charge in [-0.3, -0.25) is 13.9 Å². The molecule has 1 aromatic rings. The fourth-order valence-corrected chi connectivity index (χ4v) is 4.01. The number of carboxylic acid groups (broad SMARTS) is 1. The van der Waals surface area contributed by atoms with Gasteiger partial charge >= 0.3 is 11.7 Å². The molecule has 0 bridgehead atoms. The summed E-state index contributed by atoms with van der Waals surface area (Å²) in [5.41, 5.74) is -0.0907. The van der Waals surface area contributed by atoms with E-state index >= 15 is 0 Å². The number of ether oxygens (including phenoxy) is 1. The molecule has 0 saturated carbocycles. The zero-order chi connectivity index (χ0) is 23.5. The number of aromatic nitrogens is 2. The van der Waals surface area contributed by atoms with Gasteiger partial charge < -0.3 is 14.9 Å². The summed E-state index contributed by atoms with van der Waals surface area (Å²) >= 11 is 0. The molecule has 0 radical (unpaired) electrons. The smallest absolute Gasteiger partial charge is 0.331 e. The summed E-state index contributed by atoms with van der Waals surface area (Å²) in [6, 6.07) is 0. The zero-order valence-corrected chi connectivity index (χ0v) is 20.3. The van der Waals surface area contributed by atoms with Gasteiger partial charge in [0, 0.05) is 26.3 Å². The van der Waals surface area contributed by atoms with Crippen LogP contribution in [0.15, 0.2) is 11.0 Å². The van der Waals surface area contributed by atoms with Crippen LogP contribution in [0.5, 0.6) is 5.88 Å².